The topological polar surface area (TPSA) is 75.3 Å². The van der Waals surface area contributed by atoms with E-state index in [1.807, 2.05) is 43.3 Å². The zero-order valence-electron chi connectivity index (χ0n) is 12.0. The molecule has 2 aromatic rings. The van der Waals surface area contributed by atoms with Gasteiger partial charge in [0.25, 0.3) is 0 Å². The van der Waals surface area contributed by atoms with Crippen LogP contribution in [0.5, 0.6) is 5.75 Å². The molecule has 0 radical (unpaired) electrons. The highest BCUT2D eigenvalue weighted by Crippen LogP contribution is 2.26. The highest BCUT2D eigenvalue weighted by Gasteiger charge is 2.19. The van der Waals surface area contributed by atoms with E-state index >= 15 is 0 Å². The maximum Gasteiger partial charge on any atom is 0.233 e. The van der Waals surface area contributed by atoms with Crippen molar-refractivity contribution in [2.75, 3.05) is 11.9 Å². The monoisotopic (exact) mass is 284 g/mol. The van der Waals surface area contributed by atoms with Crippen molar-refractivity contribution in [1.82, 2.24) is 0 Å². The molecule has 1 amide bonds. The standard InChI is InChI=1S/C17H20N2O2/c1-2-12-8-9-16(20)15(10-12)19-17(21)14(11-18)13-6-4-3-5-7-13/h3-10,14,20H,2,11,18H2,1H3,(H,19,21). The number of carbonyl (C=O) groups excluding carboxylic acids is 1. The first-order valence-electron chi connectivity index (χ1n) is 7.03. The molecule has 2 rings (SSSR count). The Morgan fingerprint density at radius 3 is 2.57 bits per heavy atom. The van der Waals surface area contributed by atoms with Crippen LogP contribution in [0, 0.1) is 0 Å². The predicted octanol–water partition coefficient (Wildman–Crippen LogP) is 2.64. The third kappa shape index (κ3) is 3.61. The van der Waals surface area contributed by atoms with Crippen LogP contribution < -0.4 is 11.1 Å². The van der Waals surface area contributed by atoms with E-state index in [0.29, 0.717) is 5.69 Å². The number of aromatic hydroxyl groups is 1. The van der Waals surface area contributed by atoms with Gasteiger partial charge in [-0.1, -0.05) is 43.3 Å². The van der Waals surface area contributed by atoms with Gasteiger partial charge in [0.05, 0.1) is 11.6 Å². The fourth-order valence-electron chi connectivity index (χ4n) is 2.20. The van der Waals surface area contributed by atoms with Crippen molar-refractivity contribution in [1.29, 1.82) is 0 Å². The number of amides is 1. The lowest BCUT2D eigenvalue weighted by atomic mass is 9.98. The van der Waals surface area contributed by atoms with E-state index in [-0.39, 0.29) is 18.2 Å². The molecule has 110 valence electrons. The fourth-order valence-corrected chi connectivity index (χ4v) is 2.20. The third-order valence-electron chi connectivity index (χ3n) is 3.48. The number of aryl methyl sites for hydroxylation is 1. The molecule has 0 aliphatic carbocycles. The predicted molar refractivity (Wildman–Crippen MR) is 84.4 cm³/mol. The second kappa shape index (κ2) is 6.90. The number of anilines is 1. The summed E-state index contributed by atoms with van der Waals surface area (Å²) in [4.78, 5) is 12.4. The first-order valence-corrected chi connectivity index (χ1v) is 7.03. The van der Waals surface area contributed by atoms with Crippen LogP contribution in [0.15, 0.2) is 48.5 Å². The number of nitrogens with one attached hydrogen (secondary N) is 1. The van der Waals surface area contributed by atoms with E-state index in [1.54, 1.807) is 12.1 Å². The zero-order chi connectivity index (χ0) is 15.2. The lowest BCUT2D eigenvalue weighted by Crippen LogP contribution is -2.27. The second-order valence-corrected chi connectivity index (χ2v) is 4.89. The molecule has 0 fully saturated rings. The largest absolute Gasteiger partial charge is 0.506 e. The van der Waals surface area contributed by atoms with E-state index in [4.69, 9.17) is 5.73 Å². The maximum atomic E-state index is 12.4. The molecule has 0 aliphatic heterocycles. The average Bonchev–Trinajstić information content (AvgIpc) is 2.51. The third-order valence-corrected chi connectivity index (χ3v) is 3.48. The van der Waals surface area contributed by atoms with Crippen molar-refractivity contribution in [3.8, 4) is 5.75 Å². The van der Waals surface area contributed by atoms with Crippen LogP contribution in [0.2, 0.25) is 0 Å². The van der Waals surface area contributed by atoms with E-state index in [2.05, 4.69) is 5.32 Å². The quantitative estimate of drug-likeness (QED) is 0.739. The molecule has 4 heteroatoms. The molecule has 2 aromatic carbocycles. The number of phenolic OH excluding ortho intramolecular Hbond substituents is 1. The van der Waals surface area contributed by atoms with Crippen molar-refractivity contribution >= 4 is 11.6 Å². The van der Waals surface area contributed by atoms with Gasteiger partial charge in [-0.3, -0.25) is 4.79 Å². The Balaban J connectivity index is 2.20. The van der Waals surface area contributed by atoms with Gasteiger partial charge in [0, 0.05) is 6.54 Å². The van der Waals surface area contributed by atoms with Gasteiger partial charge in [-0.05, 0) is 29.7 Å². The molecule has 4 nitrogen and oxygen atoms in total. The summed E-state index contributed by atoms with van der Waals surface area (Å²) in [6, 6.07) is 14.6. The summed E-state index contributed by atoms with van der Waals surface area (Å²) >= 11 is 0. The van der Waals surface area contributed by atoms with Crippen LogP contribution in [0.1, 0.15) is 24.0 Å². The molecule has 0 bridgehead atoms. The smallest absolute Gasteiger partial charge is 0.233 e. The Morgan fingerprint density at radius 2 is 1.95 bits per heavy atom. The summed E-state index contributed by atoms with van der Waals surface area (Å²) in [5.41, 5.74) is 8.07. The average molecular weight is 284 g/mol. The molecule has 0 heterocycles. The SMILES string of the molecule is CCc1ccc(O)c(NC(=O)C(CN)c2ccccc2)c1. The van der Waals surface area contributed by atoms with Crippen LogP contribution in [-0.4, -0.2) is 17.6 Å². The van der Waals surface area contributed by atoms with Crippen molar-refractivity contribution < 1.29 is 9.90 Å². The molecule has 0 spiro atoms. The van der Waals surface area contributed by atoms with Crippen LogP contribution in [0.3, 0.4) is 0 Å². The number of carbonyl (C=O) groups is 1. The van der Waals surface area contributed by atoms with Gasteiger partial charge in [0.15, 0.2) is 0 Å². The van der Waals surface area contributed by atoms with Gasteiger partial charge in [-0.25, -0.2) is 0 Å². The zero-order valence-corrected chi connectivity index (χ0v) is 12.0. The van der Waals surface area contributed by atoms with Crippen LogP contribution in [0.4, 0.5) is 5.69 Å². The fraction of sp³-hybridized carbons (Fsp3) is 0.235. The molecule has 1 unspecified atom stereocenters. The molecule has 1 atom stereocenters. The van der Waals surface area contributed by atoms with Gasteiger partial charge in [-0.15, -0.1) is 0 Å². The highest BCUT2D eigenvalue weighted by molar-refractivity contribution is 5.97. The first-order chi connectivity index (χ1) is 10.2. The minimum absolute atomic E-state index is 0.0596. The van der Waals surface area contributed by atoms with Crippen molar-refractivity contribution in [3.05, 3.63) is 59.7 Å². The number of nitrogens with two attached hydrogens (primary N) is 1. The Kier molecular flexibility index (Phi) is 4.95. The van der Waals surface area contributed by atoms with Gasteiger partial charge in [0.1, 0.15) is 5.75 Å². The molecule has 0 aliphatic rings. The van der Waals surface area contributed by atoms with E-state index in [0.717, 1.165) is 17.5 Å². The molecule has 0 saturated carbocycles. The number of rotatable bonds is 5. The number of hydrogen-bond acceptors (Lipinski definition) is 3. The van der Waals surface area contributed by atoms with Crippen molar-refractivity contribution in [3.63, 3.8) is 0 Å². The van der Waals surface area contributed by atoms with E-state index in [9.17, 15) is 9.90 Å². The minimum atomic E-state index is -0.434. The first kappa shape index (κ1) is 15.1. The summed E-state index contributed by atoms with van der Waals surface area (Å²) in [5, 5.41) is 12.6. The van der Waals surface area contributed by atoms with Crippen molar-refractivity contribution in [2.24, 2.45) is 5.73 Å². The van der Waals surface area contributed by atoms with Gasteiger partial charge in [0.2, 0.25) is 5.91 Å². The Bertz CT molecular complexity index is 611. The molecular formula is C17H20N2O2. The summed E-state index contributed by atoms with van der Waals surface area (Å²) in [6.07, 6.45) is 0.835. The summed E-state index contributed by atoms with van der Waals surface area (Å²) in [5.74, 6) is -0.590. The van der Waals surface area contributed by atoms with E-state index in [1.165, 1.54) is 0 Å². The lowest BCUT2D eigenvalue weighted by Gasteiger charge is -2.16. The minimum Gasteiger partial charge on any atom is -0.506 e. The Hall–Kier alpha value is -2.33. The highest BCUT2D eigenvalue weighted by atomic mass is 16.3. The molecule has 21 heavy (non-hydrogen) atoms. The van der Waals surface area contributed by atoms with Crippen LogP contribution in [-0.2, 0) is 11.2 Å². The van der Waals surface area contributed by atoms with Crippen LogP contribution in [0.25, 0.3) is 0 Å². The van der Waals surface area contributed by atoms with Gasteiger partial charge in [-0.2, -0.15) is 0 Å². The normalized spacial score (nSPS) is 11.9. The van der Waals surface area contributed by atoms with Crippen LogP contribution >= 0.6 is 0 Å². The molecule has 0 aromatic heterocycles. The molecular weight excluding hydrogens is 264 g/mol. The number of benzene rings is 2. The van der Waals surface area contributed by atoms with E-state index < -0.39 is 5.92 Å². The molecule has 4 N–H and O–H groups in total. The second-order valence-electron chi connectivity index (χ2n) is 4.89. The maximum absolute atomic E-state index is 12.4. The lowest BCUT2D eigenvalue weighted by molar-refractivity contribution is -0.117. The Labute approximate surface area is 124 Å². The Morgan fingerprint density at radius 1 is 1.24 bits per heavy atom. The van der Waals surface area contributed by atoms with Gasteiger partial charge >= 0.3 is 0 Å². The number of phenols is 1. The summed E-state index contributed by atoms with van der Waals surface area (Å²) < 4.78 is 0. The van der Waals surface area contributed by atoms with Crippen molar-refractivity contribution in [2.45, 2.75) is 19.3 Å². The summed E-state index contributed by atoms with van der Waals surface area (Å²) in [7, 11) is 0. The number of hydrogen-bond donors (Lipinski definition) is 3. The van der Waals surface area contributed by atoms with Gasteiger partial charge < -0.3 is 16.2 Å². The molecule has 0 saturated heterocycles. The summed E-state index contributed by atoms with van der Waals surface area (Å²) in [6.45, 7) is 2.23.